The van der Waals surface area contributed by atoms with Crippen LogP contribution in [0.1, 0.15) is 12.8 Å². The van der Waals surface area contributed by atoms with Crippen LogP contribution >= 0.6 is 0 Å². The number of nitrogens with zero attached hydrogens (tertiary/aromatic N) is 1. The average Bonchev–Trinajstić information content (AvgIpc) is 2.64. The zero-order valence-corrected chi connectivity index (χ0v) is 11.5. The van der Waals surface area contributed by atoms with Gasteiger partial charge < -0.3 is 0 Å². The van der Waals surface area contributed by atoms with Crippen molar-refractivity contribution >= 4 is 27.5 Å². The molecule has 1 aliphatic heterocycles. The number of sulfonamides is 1. The van der Waals surface area contributed by atoms with Gasteiger partial charge in [-0.15, -0.1) is 6.58 Å². The van der Waals surface area contributed by atoms with Crippen molar-refractivity contribution in [1.29, 1.82) is 0 Å². The number of rotatable bonds is 4. The van der Waals surface area contributed by atoms with E-state index in [4.69, 9.17) is 5.14 Å². The molecule has 1 saturated heterocycles. The third-order valence-electron chi connectivity index (χ3n) is 3.11. The summed E-state index contributed by atoms with van der Waals surface area (Å²) >= 11 is 0. The molecule has 1 unspecified atom stereocenters. The lowest BCUT2D eigenvalue weighted by atomic mass is 10.0. The number of carbonyl (C=O) groups is 2. The monoisotopic (exact) mass is 294 g/mol. The Morgan fingerprint density at radius 2 is 1.90 bits per heavy atom. The van der Waals surface area contributed by atoms with Gasteiger partial charge in [-0.05, 0) is 30.7 Å². The van der Waals surface area contributed by atoms with Crippen LogP contribution in [0.2, 0.25) is 0 Å². The first-order valence-electron chi connectivity index (χ1n) is 5.95. The van der Waals surface area contributed by atoms with Crippen LogP contribution in [0.5, 0.6) is 0 Å². The highest BCUT2D eigenvalue weighted by Gasteiger charge is 2.38. The van der Waals surface area contributed by atoms with E-state index < -0.39 is 15.9 Å². The lowest BCUT2D eigenvalue weighted by Gasteiger charge is -2.15. The SMILES string of the molecule is C=CCC1CC(=O)N(c2ccc(S(N)(=O)=O)cc2)C1=O. The largest absolute Gasteiger partial charge is 0.274 e. The molecule has 1 fully saturated rings. The maximum atomic E-state index is 12.1. The second-order valence-corrected chi connectivity index (χ2v) is 6.09. The topological polar surface area (TPSA) is 97.5 Å². The first-order chi connectivity index (χ1) is 9.34. The summed E-state index contributed by atoms with van der Waals surface area (Å²) in [5.74, 6) is -0.985. The maximum Gasteiger partial charge on any atom is 0.238 e. The zero-order chi connectivity index (χ0) is 14.9. The van der Waals surface area contributed by atoms with E-state index in [9.17, 15) is 18.0 Å². The number of hydrogen-bond donors (Lipinski definition) is 1. The Labute approximate surface area is 116 Å². The smallest absolute Gasteiger partial charge is 0.238 e. The minimum atomic E-state index is -3.79. The molecule has 0 aliphatic carbocycles. The lowest BCUT2D eigenvalue weighted by Crippen LogP contribution is -2.30. The first kappa shape index (κ1) is 14.4. The molecule has 0 spiro atoms. The van der Waals surface area contributed by atoms with E-state index in [0.29, 0.717) is 12.1 Å². The standard InChI is InChI=1S/C13H14N2O4S/c1-2-3-9-8-12(16)15(13(9)17)10-4-6-11(7-5-10)20(14,18)19/h2,4-7,9H,1,3,8H2,(H2,14,18,19). The molecule has 2 N–H and O–H groups in total. The van der Waals surface area contributed by atoms with E-state index in [0.717, 1.165) is 4.90 Å². The predicted molar refractivity (Wildman–Crippen MR) is 73.2 cm³/mol. The van der Waals surface area contributed by atoms with Gasteiger partial charge in [0.2, 0.25) is 21.8 Å². The molecule has 0 aromatic heterocycles. The number of allylic oxidation sites excluding steroid dienone is 1. The second kappa shape index (κ2) is 5.18. The summed E-state index contributed by atoms with van der Waals surface area (Å²) in [5.41, 5.74) is 0.346. The summed E-state index contributed by atoms with van der Waals surface area (Å²) in [6.07, 6.45) is 2.18. The fourth-order valence-corrected chi connectivity index (χ4v) is 2.65. The van der Waals surface area contributed by atoms with Crippen LogP contribution in [0.3, 0.4) is 0 Å². The van der Waals surface area contributed by atoms with Gasteiger partial charge in [0.1, 0.15) is 0 Å². The highest BCUT2D eigenvalue weighted by Crippen LogP contribution is 2.29. The Bertz CT molecular complexity index is 664. The van der Waals surface area contributed by atoms with Crippen molar-refractivity contribution in [1.82, 2.24) is 0 Å². The van der Waals surface area contributed by atoms with Crippen molar-refractivity contribution in [3.05, 3.63) is 36.9 Å². The van der Waals surface area contributed by atoms with Crippen LogP contribution in [-0.2, 0) is 19.6 Å². The van der Waals surface area contributed by atoms with Gasteiger partial charge in [0.25, 0.3) is 0 Å². The molecule has 1 atom stereocenters. The van der Waals surface area contributed by atoms with Gasteiger partial charge in [0.05, 0.1) is 16.5 Å². The third kappa shape index (κ3) is 2.63. The number of hydrogen-bond acceptors (Lipinski definition) is 4. The van der Waals surface area contributed by atoms with E-state index in [1.54, 1.807) is 6.08 Å². The quantitative estimate of drug-likeness (QED) is 0.655. The molecule has 1 aromatic rings. The van der Waals surface area contributed by atoms with E-state index in [2.05, 4.69) is 6.58 Å². The van der Waals surface area contributed by atoms with Crippen molar-refractivity contribution < 1.29 is 18.0 Å². The zero-order valence-electron chi connectivity index (χ0n) is 10.7. The number of imide groups is 1. The van der Waals surface area contributed by atoms with Crippen molar-refractivity contribution in [3.63, 3.8) is 0 Å². The van der Waals surface area contributed by atoms with E-state index in [-0.39, 0.29) is 23.1 Å². The van der Waals surface area contributed by atoms with Gasteiger partial charge in [0, 0.05) is 6.42 Å². The minimum Gasteiger partial charge on any atom is -0.274 e. The highest BCUT2D eigenvalue weighted by atomic mass is 32.2. The van der Waals surface area contributed by atoms with E-state index >= 15 is 0 Å². The normalized spacial score (nSPS) is 19.4. The Morgan fingerprint density at radius 3 is 2.40 bits per heavy atom. The first-order valence-corrected chi connectivity index (χ1v) is 7.50. The Kier molecular flexibility index (Phi) is 3.74. The molecular weight excluding hydrogens is 280 g/mol. The molecule has 2 rings (SSSR count). The Balaban J connectivity index is 2.30. The minimum absolute atomic E-state index is 0.0667. The molecule has 1 heterocycles. The predicted octanol–water partition coefficient (Wildman–Crippen LogP) is 0.790. The second-order valence-electron chi connectivity index (χ2n) is 4.53. The fraction of sp³-hybridized carbons (Fsp3) is 0.231. The molecule has 1 aliphatic rings. The molecule has 2 amide bonds. The van der Waals surface area contributed by atoms with Crippen LogP contribution in [0.4, 0.5) is 5.69 Å². The number of carbonyl (C=O) groups excluding carboxylic acids is 2. The number of benzene rings is 1. The Hall–Kier alpha value is -1.99. The number of amides is 2. The summed E-state index contributed by atoms with van der Waals surface area (Å²) in [7, 11) is -3.79. The lowest BCUT2D eigenvalue weighted by molar-refractivity contribution is -0.122. The molecule has 0 radical (unpaired) electrons. The summed E-state index contributed by atoms with van der Waals surface area (Å²) in [5, 5.41) is 4.99. The molecule has 7 heteroatoms. The molecule has 20 heavy (non-hydrogen) atoms. The van der Waals surface area contributed by atoms with Crippen LogP contribution in [0.15, 0.2) is 41.8 Å². The summed E-state index contributed by atoms with van der Waals surface area (Å²) in [6.45, 7) is 3.56. The summed E-state index contributed by atoms with van der Waals surface area (Å²) in [6, 6.07) is 5.33. The number of anilines is 1. The average molecular weight is 294 g/mol. The van der Waals surface area contributed by atoms with Crippen molar-refractivity contribution in [2.24, 2.45) is 11.1 Å². The van der Waals surface area contributed by atoms with Crippen LogP contribution < -0.4 is 10.0 Å². The molecule has 6 nitrogen and oxygen atoms in total. The van der Waals surface area contributed by atoms with Crippen molar-refractivity contribution in [3.8, 4) is 0 Å². The van der Waals surface area contributed by atoms with Gasteiger partial charge in [-0.2, -0.15) is 0 Å². The number of nitrogens with two attached hydrogens (primary N) is 1. The molecule has 0 saturated carbocycles. The molecule has 0 bridgehead atoms. The van der Waals surface area contributed by atoms with Crippen molar-refractivity contribution in [2.45, 2.75) is 17.7 Å². The van der Waals surface area contributed by atoms with Gasteiger partial charge in [-0.3, -0.25) is 14.5 Å². The molecular formula is C13H14N2O4S. The molecule has 106 valence electrons. The maximum absolute atomic E-state index is 12.1. The fourth-order valence-electron chi connectivity index (χ4n) is 2.14. The van der Waals surface area contributed by atoms with Gasteiger partial charge in [-0.1, -0.05) is 6.08 Å². The molecule has 1 aromatic carbocycles. The number of primary sulfonamides is 1. The van der Waals surface area contributed by atoms with E-state index in [1.165, 1.54) is 24.3 Å². The van der Waals surface area contributed by atoms with E-state index in [1.807, 2.05) is 0 Å². The van der Waals surface area contributed by atoms with Crippen LogP contribution in [-0.4, -0.2) is 20.2 Å². The van der Waals surface area contributed by atoms with Crippen LogP contribution in [0.25, 0.3) is 0 Å². The van der Waals surface area contributed by atoms with Crippen LogP contribution in [0, 0.1) is 5.92 Å². The Morgan fingerprint density at radius 1 is 1.30 bits per heavy atom. The van der Waals surface area contributed by atoms with Gasteiger partial charge >= 0.3 is 0 Å². The van der Waals surface area contributed by atoms with Crippen molar-refractivity contribution in [2.75, 3.05) is 4.90 Å². The van der Waals surface area contributed by atoms with Gasteiger partial charge in [0.15, 0.2) is 0 Å². The summed E-state index contributed by atoms with van der Waals surface area (Å²) in [4.78, 5) is 25.0. The third-order valence-corrected chi connectivity index (χ3v) is 4.04. The van der Waals surface area contributed by atoms with Gasteiger partial charge in [-0.25, -0.2) is 13.6 Å². The summed E-state index contributed by atoms with van der Waals surface area (Å²) < 4.78 is 22.3. The highest BCUT2D eigenvalue weighted by molar-refractivity contribution is 7.89.